The van der Waals surface area contributed by atoms with E-state index >= 15 is 0 Å². The summed E-state index contributed by atoms with van der Waals surface area (Å²) in [4.78, 5) is 34.6. The maximum Gasteiger partial charge on any atom is 0.166 e. The number of nitrogens with zero attached hydrogens (tertiary/aromatic N) is 1. The van der Waals surface area contributed by atoms with Crippen molar-refractivity contribution in [3.63, 3.8) is 0 Å². The molecule has 0 aromatic heterocycles. The average molecular weight is 450 g/mol. The van der Waals surface area contributed by atoms with E-state index in [1.165, 1.54) is 19.3 Å². The Morgan fingerprint density at radius 1 is 1.03 bits per heavy atom. The molecule has 0 aliphatic carbocycles. The molecule has 7 nitrogen and oxygen atoms in total. The van der Waals surface area contributed by atoms with Crippen LogP contribution in [0.5, 0.6) is 0 Å². The Hall–Kier alpha value is -2.32. The van der Waals surface area contributed by atoms with E-state index < -0.39 is 22.7 Å². The average Bonchev–Trinajstić information content (AvgIpc) is 2.76. The van der Waals surface area contributed by atoms with E-state index in [2.05, 4.69) is 11.8 Å². The summed E-state index contributed by atoms with van der Waals surface area (Å²) in [6.07, 6.45) is 6.61. The number of carbonyl (C=O) groups is 3. The van der Waals surface area contributed by atoms with E-state index in [9.17, 15) is 28.8 Å². The summed E-state index contributed by atoms with van der Waals surface area (Å²) in [6.45, 7) is 7.20. The van der Waals surface area contributed by atoms with Crippen LogP contribution in [0.2, 0.25) is 0 Å². The molecule has 1 aromatic carbocycles. The molecule has 0 radical (unpaired) electrons. The van der Waals surface area contributed by atoms with E-state index in [1.807, 2.05) is 31.2 Å². The Labute approximate surface area is 186 Å². The lowest BCUT2D eigenvalue weighted by atomic mass is 9.98. The van der Waals surface area contributed by atoms with Gasteiger partial charge in [0.1, 0.15) is 0 Å². The Balaban J connectivity index is 0.000000512. The van der Waals surface area contributed by atoms with Crippen LogP contribution in [0.3, 0.4) is 0 Å². The van der Waals surface area contributed by atoms with E-state index in [1.54, 1.807) is 0 Å². The number of benzene rings is 1. The second-order valence-corrected chi connectivity index (χ2v) is 9.10. The molecule has 0 bridgehead atoms. The van der Waals surface area contributed by atoms with Gasteiger partial charge in [0.25, 0.3) is 0 Å². The van der Waals surface area contributed by atoms with Crippen LogP contribution in [-0.2, 0) is 20.4 Å². The van der Waals surface area contributed by atoms with Crippen LogP contribution < -0.4 is 10.2 Å². The highest BCUT2D eigenvalue weighted by molar-refractivity contribution is 7.85. The predicted molar refractivity (Wildman–Crippen MR) is 116 cm³/mol. The number of unbranched alkanes of at least 4 members (excludes halogenated alkanes) is 1. The normalized spacial score (nSPS) is 16.2. The monoisotopic (exact) mass is 449 g/mol. The minimum absolute atomic E-state index is 0.0181. The summed E-state index contributed by atoms with van der Waals surface area (Å²) < 4.78 is 12.1. The van der Waals surface area contributed by atoms with Gasteiger partial charge in [-0.1, -0.05) is 38.8 Å². The first-order valence-electron chi connectivity index (χ1n) is 10.6. The standard InChI is InChI=1S/C19H29NO2S.C4H4O4/c1-3-4-14-23(22)18-10-8-17(9-11-18)19(21)16(2)15-20-12-6-5-7-13-20;5-3(6)1-2-4(7)8/h8-11,16H,3-7,12-15H2,1-2H3;1-2H,(H,5,6)(H,7,8)/p-2/b;2-1+. The lowest BCUT2D eigenvalue weighted by Gasteiger charge is -2.28. The van der Waals surface area contributed by atoms with Gasteiger partial charge in [-0.05, 0) is 56.6 Å². The van der Waals surface area contributed by atoms with Gasteiger partial charge in [0, 0.05) is 28.7 Å². The van der Waals surface area contributed by atoms with Crippen molar-refractivity contribution in [2.75, 3.05) is 25.4 Å². The molecule has 31 heavy (non-hydrogen) atoms. The van der Waals surface area contributed by atoms with Crippen LogP contribution in [0, 0.1) is 5.92 Å². The Bertz CT molecular complexity index is 753. The summed E-state index contributed by atoms with van der Waals surface area (Å²) in [5, 5.41) is 18.8. The molecule has 1 fully saturated rings. The minimum atomic E-state index is -1.55. The Kier molecular flexibility index (Phi) is 12.6. The summed E-state index contributed by atoms with van der Waals surface area (Å²) >= 11 is 0. The molecular formula is C23H31NO6S-2. The van der Waals surface area contributed by atoms with Gasteiger partial charge < -0.3 is 24.7 Å². The molecule has 1 heterocycles. The molecule has 0 amide bonds. The molecule has 1 aliphatic rings. The van der Waals surface area contributed by atoms with E-state index in [4.69, 9.17) is 0 Å². The lowest BCUT2D eigenvalue weighted by molar-refractivity contribution is -0.301. The largest absolute Gasteiger partial charge is 0.545 e. The number of hydrogen-bond donors (Lipinski definition) is 0. The summed E-state index contributed by atoms with van der Waals surface area (Å²) in [6, 6.07) is 7.39. The number of aliphatic carboxylic acids is 2. The minimum Gasteiger partial charge on any atom is -0.545 e. The number of ketones is 1. The maximum absolute atomic E-state index is 12.6. The molecule has 2 atom stereocenters. The fraction of sp³-hybridized carbons (Fsp3) is 0.522. The molecule has 0 saturated carbocycles. The van der Waals surface area contributed by atoms with Crippen LogP contribution in [-0.4, -0.2) is 52.2 Å². The number of carboxylic acid groups (broad SMARTS) is 2. The summed E-state index contributed by atoms with van der Waals surface area (Å²) in [5.74, 6) is -2.18. The van der Waals surface area contributed by atoms with Gasteiger partial charge in [-0.15, -0.1) is 0 Å². The molecule has 2 unspecified atom stereocenters. The Morgan fingerprint density at radius 2 is 1.58 bits per heavy atom. The van der Waals surface area contributed by atoms with E-state index in [-0.39, 0.29) is 11.7 Å². The van der Waals surface area contributed by atoms with Crippen molar-refractivity contribution in [1.29, 1.82) is 0 Å². The van der Waals surface area contributed by atoms with Crippen molar-refractivity contribution in [2.24, 2.45) is 5.92 Å². The van der Waals surface area contributed by atoms with Crippen molar-refractivity contribution >= 4 is 28.5 Å². The molecular weight excluding hydrogens is 418 g/mol. The number of hydrogen-bond acceptors (Lipinski definition) is 7. The highest BCUT2D eigenvalue weighted by Crippen LogP contribution is 2.16. The molecule has 2 rings (SSSR count). The first-order valence-corrected chi connectivity index (χ1v) is 11.9. The van der Waals surface area contributed by atoms with Crippen LogP contribution in [0.15, 0.2) is 41.3 Å². The van der Waals surface area contributed by atoms with Crippen molar-refractivity contribution in [3.05, 3.63) is 42.0 Å². The molecule has 0 N–H and O–H groups in total. The number of rotatable bonds is 10. The van der Waals surface area contributed by atoms with Crippen LogP contribution in [0.1, 0.15) is 56.3 Å². The SMILES string of the molecule is CCCCS(=O)c1ccc(C(=O)C(C)CN2CCCCC2)cc1.O=C([O-])/C=C/C(=O)[O-]. The zero-order valence-corrected chi connectivity index (χ0v) is 19.0. The van der Waals surface area contributed by atoms with Crippen LogP contribution >= 0.6 is 0 Å². The smallest absolute Gasteiger partial charge is 0.166 e. The highest BCUT2D eigenvalue weighted by atomic mass is 32.2. The summed E-state index contributed by atoms with van der Waals surface area (Å²) in [5.41, 5.74) is 0.741. The first-order chi connectivity index (χ1) is 14.7. The van der Waals surface area contributed by atoms with Crippen molar-refractivity contribution in [3.8, 4) is 0 Å². The topological polar surface area (TPSA) is 118 Å². The molecule has 172 valence electrons. The fourth-order valence-electron chi connectivity index (χ4n) is 3.20. The zero-order valence-electron chi connectivity index (χ0n) is 18.2. The van der Waals surface area contributed by atoms with Crippen LogP contribution in [0.4, 0.5) is 0 Å². The number of carboxylic acids is 2. The van der Waals surface area contributed by atoms with E-state index in [0.29, 0.717) is 17.9 Å². The van der Waals surface area contributed by atoms with Crippen LogP contribution in [0.25, 0.3) is 0 Å². The van der Waals surface area contributed by atoms with Gasteiger partial charge in [-0.3, -0.25) is 9.00 Å². The quantitative estimate of drug-likeness (QED) is 0.385. The summed E-state index contributed by atoms with van der Waals surface area (Å²) in [7, 11) is -0.941. The second-order valence-electron chi connectivity index (χ2n) is 7.53. The number of likely N-dealkylation sites (tertiary alicyclic amines) is 1. The van der Waals surface area contributed by atoms with Gasteiger partial charge in [0.05, 0.1) is 22.7 Å². The van der Waals surface area contributed by atoms with Crippen molar-refractivity contribution < 1.29 is 28.8 Å². The fourth-order valence-corrected chi connectivity index (χ4v) is 4.42. The third-order valence-electron chi connectivity index (χ3n) is 4.87. The molecule has 1 aromatic rings. The second kappa shape index (κ2) is 14.6. The molecule has 1 saturated heterocycles. The van der Waals surface area contributed by atoms with Gasteiger partial charge in [0.15, 0.2) is 5.78 Å². The molecule has 1 aliphatic heterocycles. The van der Waals surface area contributed by atoms with Gasteiger partial charge in [-0.2, -0.15) is 0 Å². The zero-order chi connectivity index (χ0) is 23.2. The van der Waals surface area contributed by atoms with Gasteiger partial charge in [-0.25, -0.2) is 0 Å². The van der Waals surface area contributed by atoms with Crippen molar-refractivity contribution in [2.45, 2.75) is 50.8 Å². The number of Topliss-reactive ketones (excluding diaryl/α,β-unsaturated/α-hetero) is 1. The van der Waals surface area contributed by atoms with Crippen molar-refractivity contribution in [1.82, 2.24) is 4.90 Å². The third kappa shape index (κ3) is 11.0. The molecule has 0 spiro atoms. The Morgan fingerprint density at radius 3 is 2.06 bits per heavy atom. The first kappa shape index (κ1) is 26.7. The maximum atomic E-state index is 12.6. The van der Waals surface area contributed by atoms with Gasteiger partial charge in [0.2, 0.25) is 0 Å². The van der Waals surface area contributed by atoms with Gasteiger partial charge >= 0.3 is 0 Å². The number of piperidine rings is 1. The lowest BCUT2D eigenvalue weighted by Crippen LogP contribution is -2.35. The molecule has 8 heteroatoms. The highest BCUT2D eigenvalue weighted by Gasteiger charge is 2.20. The predicted octanol–water partition coefficient (Wildman–Crippen LogP) is 0.941. The third-order valence-corrected chi connectivity index (χ3v) is 6.33. The number of carbonyl (C=O) groups excluding carboxylic acids is 3. The van der Waals surface area contributed by atoms with E-state index in [0.717, 1.165) is 42.9 Å².